The van der Waals surface area contributed by atoms with Crippen LogP contribution in [0.15, 0.2) is 35.0 Å². The predicted octanol–water partition coefficient (Wildman–Crippen LogP) is 2.65. The molecule has 0 saturated carbocycles. The summed E-state index contributed by atoms with van der Waals surface area (Å²) in [6, 6.07) is 5.94. The van der Waals surface area contributed by atoms with Crippen LogP contribution in [0.5, 0.6) is 11.5 Å². The van der Waals surface area contributed by atoms with Crippen molar-refractivity contribution in [2.45, 2.75) is 13.0 Å². The van der Waals surface area contributed by atoms with Gasteiger partial charge in [0.2, 0.25) is 0 Å². The fourth-order valence-electron chi connectivity index (χ4n) is 1.63. The zero-order valence-corrected chi connectivity index (χ0v) is 10.6. The lowest BCUT2D eigenvalue weighted by molar-refractivity contribution is 0.0934. The summed E-state index contributed by atoms with van der Waals surface area (Å²) in [5.74, 6) is -0.959. The van der Waals surface area contributed by atoms with E-state index in [1.54, 1.807) is 11.3 Å². The molecule has 1 aromatic carbocycles. The maximum absolute atomic E-state index is 12.0. The van der Waals surface area contributed by atoms with Crippen molar-refractivity contribution in [1.29, 1.82) is 0 Å². The van der Waals surface area contributed by atoms with E-state index < -0.39 is 5.91 Å². The predicted molar refractivity (Wildman–Crippen MR) is 70.0 cm³/mol. The van der Waals surface area contributed by atoms with Crippen LogP contribution in [-0.2, 0) is 0 Å². The minimum Gasteiger partial charge on any atom is -0.507 e. The molecule has 94 valence electrons. The molecule has 3 N–H and O–H groups in total. The second-order valence-corrected chi connectivity index (χ2v) is 4.70. The number of aromatic hydroxyl groups is 2. The molecular formula is C13H13NO3S. The van der Waals surface area contributed by atoms with Gasteiger partial charge in [-0.05, 0) is 41.4 Å². The van der Waals surface area contributed by atoms with Gasteiger partial charge in [-0.3, -0.25) is 4.79 Å². The van der Waals surface area contributed by atoms with Gasteiger partial charge in [-0.15, -0.1) is 0 Å². The van der Waals surface area contributed by atoms with Crippen molar-refractivity contribution in [3.8, 4) is 11.5 Å². The Morgan fingerprint density at radius 1 is 1.28 bits per heavy atom. The average Bonchev–Trinajstić information content (AvgIpc) is 2.81. The molecule has 1 unspecified atom stereocenters. The molecule has 1 heterocycles. The van der Waals surface area contributed by atoms with E-state index in [1.807, 2.05) is 23.8 Å². The number of hydrogen-bond donors (Lipinski definition) is 3. The highest BCUT2D eigenvalue weighted by Gasteiger charge is 2.18. The molecule has 0 spiro atoms. The van der Waals surface area contributed by atoms with Gasteiger partial charge in [0.05, 0.1) is 6.04 Å². The maximum Gasteiger partial charge on any atom is 0.259 e. The SMILES string of the molecule is CC(NC(=O)c1c(O)cccc1O)c1ccsc1. The molecule has 2 aromatic rings. The fraction of sp³-hybridized carbons (Fsp3) is 0.154. The highest BCUT2D eigenvalue weighted by Crippen LogP contribution is 2.27. The van der Waals surface area contributed by atoms with Crippen molar-refractivity contribution in [1.82, 2.24) is 5.32 Å². The molecule has 4 nitrogen and oxygen atoms in total. The van der Waals surface area contributed by atoms with Gasteiger partial charge < -0.3 is 15.5 Å². The first-order valence-corrected chi connectivity index (χ1v) is 6.37. The number of rotatable bonds is 3. The number of amides is 1. The van der Waals surface area contributed by atoms with Gasteiger partial charge in [0.1, 0.15) is 17.1 Å². The van der Waals surface area contributed by atoms with Gasteiger partial charge in [-0.1, -0.05) is 6.07 Å². The molecule has 18 heavy (non-hydrogen) atoms. The lowest BCUT2D eigenvalue weighted by atomic mass is 10.1. The monoisotopic (exact) mass is 263 g/mol. The number of carbonyl (C=O) groups excluding carboxylic acids is 1. The molecule has 2 rings (SSSR count). The minimum absolute atomic E-state index is 0.0976. The third-order valence-corrected chi connectivity index (χ3v) is 3.34. The summed E-state index contributed by atoms with van der Waals surface area (Å²) in [4.78, 5) is 12.0. The fourth-order valence-corrected chi connectivity index (χ4v) is 2.39. The average molecular weight is 263 g/mol. The summed E-state index contributed by atoms with van der Waals surface area (Å²) in [6.07, 6.45) is 0. The summed E-state index contributed by atoms with van der Waals surface area (Å²) >= 11 is 1.55. The molecule has 0 aliphatic carbocycles. The Morgan fingerprint density at radius 3 is 2.50 bits per heavy atom. The Kier molecular flexibility index (Phi) is 3.53. The number of nitrogens with one attached hydrogen (secondary N) is 1. The Bertz CT molecular complexity index is 531. The van der Waals surface area contributed by atoms with E-state index in [0.717, 1.165) is 5.56 Å². The van der Waals surface area contributed by atoms with Gasteiger partial charge in [0.15, 0.2) is 0 Å². The molecule has 0 fully saturated rings. The van der Waals surface area contributed by atoms with Crippen LogP contribution in [0.2, 0.25) is 0 Å². The molecule has 1 atom stereocenters. The third kappa shape index (κ3) is 2.46. The van der Waals surface area contributed by atoms with Crippen LogP contribution < -0.4 is 5.32 Å². The normalized spacial score (nSPS) is 12.1. The van der Waals surface area contributed by atoms with Crippen LogP contribution >= 0.6 is 11.3 Å². The van der Waals surface area contributed by atoms with Crippen LogP contribution in [0.1, 0.15) is 28.9 Å². The standard InChI is InChI=1S/C13H13NO3S/c1-8(9-5-6-18-7-9)14-13(17)12-10(15)3-2-4-11(12)16/h2-8,15-16H,1H3,(H,14,17). The number of phenols is 2. The molecular weight excluding hydrogens is 250 g/mol. The van der Waals surface area contributed by atoms with E-state index in [0.29, 0.717) is 0 Å². The Morgan fingerprint density at radius 2 is 1.94 bits per heavy atom. The van der Waals surface area contributed by atoms with Gasteiger partial charge in [0.25, 0.3) is 5.91 Å². The molecule has 5 heteroatoms. The minimum atomic E-state index is -0.496. The van der Waals surface area contributed by atoms with Gasteiger partial charge >= 0.3 is 0 Å². The summed E-state index contributed by atoms with van der Waals surface area (Å²) in [6.45, 7) is 1.84. The van der Waals surface area contributed by atoms with E-state index in [9.17, 15) is 15.0 Å². The molecule has 0 aliphatic heterocycles. The van der Waals surface area contributed by atoms with Crippen molar-refractivity contribution < 1.29 is 15.0 Å². The molecule has 1 amide bonds. The Balaban J connectivity index is 2.18. The number of thiophene rings is 1. The van der Waals surface area contributed by atoms with Crippen LogP contribution in [0.4, 0.5) is 0 Å². The first-order valence-electron chi connectivity index (χ1n) is 5.43. The number of phenolic OH excluding ortho intramolecular Hbond substituents is 2. The highest BCUT2D eigenvalue weighted by molar-refractivity contribution is 7.07. The Labute approximate surface area is 109 Å². The summed E-state index contributed by atoms with van der Waals surface area (Å²) < 4.78 is 0. The van der Waals surface area contributed by atoms with Crippen LogP contribution in [0, 0.1) is 0 Å². The van der Waals surface area contributed by atoms with Crippen molar-refractivity contribution >= 4 is 17.2 Å². The quantitative estimate of drug-likeness (QED) is 0.797. The third-order valence-electron chi connectivity index (χ3n) is 2.64. The molecule has 0 radical (unpaired) electrons. The Hall–Kier alpha value is -2.01. The van der Waals surface area contributed by atoms with Crippen molar-refractivity contribution in [3.63, 3.8) is 0 Å². The van der Waals surface area contributed by atoms with E-state index >= 15 is 0 Å². The van der Waals surface area contributed by atoms with Gasteiger partial charge in [-0.25, -0.2) is 0 Å². The van der Waals surface area contributed by atoms with Crippen molar-refractivity contribution in [2.24, 2.45) is 0 Å². The van der Waals surface area contributed by atoms with Crippen LogP contribution in [0.25, 0.3) is 0 Å². The molecule has 0 saturated heterocycles. The zero-order chi connectivity index (χ0) is 13.1. The highest BCUT2D eigenvalue weighted by atomic mass is 32.1. The lowest BCUT2D eigenvalue weighted by Crippen LogP contribution is -2.26. The van der Waals surface area contributed by atoms with Crippen LogP contribution in [-0.4, -0.2) is 16.1 Å². The summed E-state index contributed by atoms with van der Waals surface area (Å²) in [5, 5.41) is 25.8. The number of carbonyl (C=O) groups is 1. The van der Waals surface area contributed by atoms with E-state index in [2.05, 4.69) is 5.32 Å². The smallest absolute Gasteiger partial charge is 0.259 e. The number of hydrogen-bond acceptors (Lipinski definition) is 4. The first-order chi connectivity index (χ1) is 8.59. The van der Waals surface area contributed by atoms with E-state index in [-0.39, 0.29) is 23.1 Å². The van der Waals surface area contributed by atoms with E-state index in [1.165, 1.54) is 18.2 Å². The summed E-state index contributed by atoms with van der Waals surface area (Å²) in [5.41, 5.74) is 0.892. The molecule has 1 aromatic heterocycles. The van der Waals surface area contributed by atoms with Gasteiger partial charge in [0, 0.05) is 0 Å². The zero-order valence-electron chi connectivity index (χ0n) is 9.75. The van der Waals surface area contributed by atoms with Crippen LogP contribution in [0.3, 0.4) is 0 Å². The van der Waals surface area contributed by atoms with Crippen molar-refractivity contribution in [2.75, 3.05) is 0 Å². The maximum atomic E-state index is 12.0. The number of benzene rings is 1. The molecule has 0 bridgehead atoms. The topological polar surface area (TPSA) is 69.6 Å². The van der Waals surface area contributed by atoms with E-state index in [4.69, 9.17) is 0 Å². The summed E-state index contributed by atoms with van der Waals surface area (Å²) in [7, 11) is 0. The largest absolute Gasteiger partial charge is 0.507 e. The second kappa shape index (κ2) is 5.10. The lowest BCUT2D eigenvalue weighted by Gasteiger charge is -2.14. The second-order valence-electron chi connectivity index (χ2n) is 3.92. The van der Waals surface area contributed by atoms with Gasteiger partial charge in [-0.2, -0.15) is 11.3 Å². The first kappa shape index (κ1) is 12.4. The van der Waals surface area contributed by atoms with Crippen molar-refractivity contribution in [3.05, 3.63) is 46.2 Å². The molecule has 0 aliphatic rings.